The molecule has 3 aromatic rings. The summed E-state index contributed by atoms with van der Waals surface area (Å²) in [6.07, 6.45) is -0.700. The summed E-state index contributed by atoms with van der Waals surface area (Å²) in [4.78, 5) is 28.1. The number of nitrogens with zero attached hydrogens (tertiary/aromatic N) is 3. The summed E-state index contributed by atoms with van der Waals surface area (Å²) in [5.74, 6) is -0.178. The van der Waals surface area contributed by atoms with Gasteiger partial charge in [-0.25, -0.2) is 13.2 Å². The molecule has 1 aliphatic rings. The minimum atomic E-state index is -3.77. The zero-order chi connectivity index (χ0) is 29.2. The number of rotatable bonds is 8. The summed E-state index contributed by atoms with van der Waals surface area (Å²) in [5, 5.41) is 20.8. The van der Waals surface area contributed by atoms with Gasteiger partial charge in [0.05, 0.1) is 30.4 Å². The number of hydrogen-bond acceptors (Lipinski definition) is 9. The molecule has 3 heterocycles. The molecule has 0 unspecified atom stereocenters. The van der Waals surface area contributed by atoms with Crippen molar-refractivity contribution in [2.75, 3.05) is 37.4 Å². The van der Waals surface area contributed by atoms with E-state index in [0.717, 1.165) is 11.3 Å². The van der Waals surface area contributed by atoms with Crippen molar-refractivity contribution >= 4 is 44.7 Å². The van der Waals surface area contributed by atoms with Crippen LogP contribution in [-0.4, -0.2) is 78.7 Å². The molecule has 2 aromatic heterocycles. The van der Waals surface area contributed by atoms with Gasteiger partial charge in [-0.1, -0.05) is 24.2 Å². The van der Waals surface area contributed by atoms with Crippen molar-refractivity contribution in [3.8, 4) is 5.75 Å². The number of aliphatic hydroxyl groups excluding tert-OH is 1. The number of aromatic nitrogens is 1. The second kappa shape index (κ2) is 12.0. The van der Waals surface area contributed by atoms with Crippen molar-refractivity contribution in [1.82, 2.24) is 14.4 Å². The fourth-order valence-corrected chi connectivity index (χ4v) is 6.79. The molecule has 1 aromatic carbocycles. The average molecular weight is 592 g/mol. The summed E-state index contributed by atoms with van der Waals surface area (Å²) in [7, 11) is -2.29. The molecule has 3 amide bonds. The van der Waals surface area contributed by atoms with Crippen LogP contribution in [0.2, 0.25) is 0 Å². The van der Waals surface area contributed by atoms with E-state index in [-0.39, 0.29) is 52.7 Å². The SMILES string of the molecule is Cc1noc(C)c1NC(=O)Nc1cccc2c1O[C@@H](CN(C)S(=O)(=O)c1cccs1)[C@H](C)CN([C@@H](C)CO)C2=O. The van der Waals surface area contributed by atoms with Gasteiger partial charge in [-0.2, -0.15) is 4.31 Å². The molecular weight excluding hydrogens is 558 g/mol. The Morgan fingerprint density at radius 3 is 2.65 bits per heavy atom. The van der Waals surface area contributed by atoms with Crippen LogP contribution >= 0.6 is 11.3 Å². The summed E-state index contributed by atoms with van der Waals surface area (Å²) in [5.41, 5.74) is 1.31. The third-order valence-corrected chi connectivity index (χ3v) is 10.0. The number of hydrogen-bond donors (Lipinski definition) is 3. The van der Waals surface area contributed by atoms with Gasteiger partial charge in [0.15, 0.2) is 11.5 Å². The highest BCUT2D eigenvalue weighted by atomic mass is 32.2. The summed E-state index contributed by atoms with van der Waals surface area (Å²) in [6, 6.07) is 6.87. The van der Waals surface area contributed by atoms with Gasteiger partial charge in [-0.05, 0) is 44.4 Å². The van der Waals surface area contributed by atoms with Crippen LogP contribution in [0.5, 0.6) is 5.75 Å². The molecule has 3 N–H and O–H groups in total. The zero-order valence-electron chi connectivity index (χ0n) is 22.9. The lowest BCUT2D eigenvalue weighted by Gasteiger charge is -2.38. The second-order valence-corrected chi connectivity index (χ2v) is 13.0. The van der Waals surface area contributed by atoms with E-state index in [0.29, 0.717) is 17.1 Å². The fraction of sp³-hybridized carbons (Fsp3) is 0.423. The smallest absolute Gasteiger partial charge is 0.323 e. The predicted octanol–water partition coefficient (Wildman–Crippen LogP) is 3.54. The predicted molar refractivity (Wildman–Crippen MR) is 150 cm³/mol. The van der Waals surface area contributed by atoms with Crippen LogP contribution in [0.15, 0.2) is 44.4 Å². The number of benzene rings is 1. The van der Waals surface area contributed by atoms with E-state index in [9.17, 15) is 23.1 Å². The van der Waals surface area contributed by atoms with Crippen molar-refractivity contribution in [1.29, 1.82) is 0 Å². The van der Waals surface area contributed by atoms with E-state index in [1.165, 1.54) is 17.4 Å². The van der Waals surface area contributed by atoms with Gasteiger partial charge < -0.3 is 29.9 Å². The Morgan fingerprint density at radius 2 is 2.02 bits per heavy atom. The number of para-hydroxylation sites is 1. The Morgan fingerprint density at radius 1 is 1.27 bits per heavy atom. The normalized spacial score (nSPS) is 18.5. The quantitative estimate of drug-likeness (QED) is 0.359. The molecule has 1 aliphatic heterocycles. The Bertz CT molecular complexity index is 1450. The number of aliphatic hydroxyl groups is 1. The molecule has 0 fully saturated rings. The Kier molecular flexibility index (Phi) is 8.83. The van der Waals surface area contributed by atoms with Crippen molar-refractivity contribution in [2.45, 2.75) is 44.0 Å². The van der Waals surface area contributed by atoms with Crippen LogP contribution in [0.4, 0.5) is 16.2 Å². The summed E-state index contributed by atoms with van der Waals surface area (Å²) >= 11 is 1.12. The number of sulfonamides is 1. The van der Waals surface area contributed by atoms with Gasteiger partial charge in [-0.3, -0.25) is 4.79 Å². The lowest BCUT2D eigenvalue weighted by Crippen LogP contribution is -2.50. The molecule has 0 saturated carbocycles. The molecule has 12 nitrogen and oxygen atoms in total. The minimum Gasteiger partial charge on any atom is -0.486 e. The largest absolute Gasteiger partial charge is 0.486 e. The first-order chi connectivity index (χ1) is 18.9. The molecule has 40 heavy (non-hydrogen) atoms. The van der Waals surface area contributed by atoms with Gasteiger partial charge in [0, 0.05) is 19.5 Å². The van der Waals surface area contributed by atoms with Crippen LogP contribution in [0.1, 0.15) is 35.7 Å². The molecule has 0 saturated heterocycles. The molecular formula is C26H33N5O7S2. The number of likely N-dealkylation sites (N-methyl/N-ethyl adjacent to an activating group) is 1. The van der Waals surface area contributed by atoms with Crippen LogP contribution in [-0.2, 0) is 10.0 Å². The first kappa shape index (κ1) is 29.5. The number of anilines is 2. The number of carbonyl (C=O) groups is 2. The number of aryl methyl sites for hydroxylation is 2. The van der Waals surface area contributed by atoms with E-state index >= 15 is 0 Å². The second-order valence-electron chi connectivity index (χ2n) is 9.80. The van der Waals surface area contributed by atoms with E-state index in [2.05, 4.69) is 15.8 Å². The van der Waals surface area contributed by atoms with Gasteiger partial charge in [0.2, 0.25) is 0 Å². The van der Waals surface area contributed by atoms with Crippen LogP contribution in [0.25, 0.3) is 0 Å². The van der Waals surface area contributed by atoms with E-state index < -0.39 is 28.2 Å². The van der Waals surface area contributed by atoms with Crippen LogP contribution < -0.4 is 15.4 Å². The van der Waals surface area contributed by atoms with Crippen molar-refractivity contribution in [3.63, 3.8) is 0 Å². The standard InChI is InChI=1S/C26H33N5O7S2/c1-15-12-31(16(2)14-32)25(33)19-8-6-9-20(27-26(34)28-23-17(3)29-38-18(23)4)24(19)37-21(15)13-30(5)40(35,36)22-10-7-11-39-22/h6-11,15-16,21,32H,12-14H2,1-5H3,(H2,27,28,34)/t15-,16+,21+/m1/s1. The van der Waals surface area contributed by atoms with Gasteiger partial charge in [0.1, 0.15) is 21.7 Å². The summed E-state index contributed by atoms with van der Waals surface area (Å²) < 4.78 is 39.3. The first-order valence-corrected chi connectivity index (χ1v) is 15.0. The number of nitrogens with one attached hydrogen (secondary N) is 2. The van der Waals surface area contributed by atoms with Crippen molar-refractivity contribution in [2.24, 2.45) is 5.92 Å². The zero-order valence-corrected chi connectivity index (χ0v) is 24.5. The Labute approximate surface area is 237 Å². The Hall–Kier alpha value is -3.46. The number of thiophene rings is 1. The summed E-state index contributed by atoms with van der Waals surface area (Å²) in [6.45, 7) is 6.89. The maximum absolute atomic E-state index is 13.6. The highest BCUT2D eigenvalue weighted by Crippen LogP contribution is 2.35. The monoisotopic (exact) mass is 591 g/mol. The van der Waals surface area contributed by atoms with Crippen LogP contribution in [0, 0.1) is 19.8 Å². The van der Waals surface area contributed by atoms with Gasteiger partial charge in [0.25, 0.3) is 15.9 Å². The third-order valence-electron chi connectivity index (χ3n) is 6.81. The molecule has 14 heteroatoms. The Balaban J connectivity index is 1.70. The third kappa shape index (κ3) is 5.99. The molecule has 0 bridgehead atoms. The fourth-order valence-electron chi connectivity index (χ4n) is 4.40. The number of urea groups is 1. The lowest BCUT2D eigenvalue weighted by atomic mass is 9.99. The first-order valence-electron chi connectivity index (χ1n) is 12.7. The maximum atomic E-state index is 13.6. The molecule has 3 atom stereocenters. The van der Waals surface area contributed by atoms with E-state index in [4.69, 9.17) is 9.26 Å². The molecule has 4 rings (SSSR count). The minimum absolute atomic E-state index is 0.0179. The molecule has 0 radical (unpaired) electrons. The van der Waals surface area contributed by atoms with Crippen LogP contribution in [0.3, 0.4) is 0 Å². The van der Waals surface area contributed by atoms with Gasteiger partial charge in [-0.15, -0.1) is 11.3 Å². The topological polar surface area (TPSA) is 154 Å². The number of fused-ring (bicyclic) bond motifs is 1. The highest BCUT2D eigenvalue weighted by molar-refractivity contribution is 7.91. The highest BCUT2D eigenvalue weighted by Gasteiger charge is 2.36. The molecule has 216 valence electrons. The van der Waals surface area contributed by atoms with Crippen molar-refractivity contribution in [3.05, 3.63) is 52.7 Å². The van der Waals surface area contributed by atoms with Crippen molar-refractivity contribution < 1.29 is 32.4 Å². The lowest BCUT2D eigenvalue weighted by molar-refractivity contribution is 0.0389. The van der Waals surface area contributed by atoms with E-state index in [1.807, 2.05) is 6.92 Å². The number of amides is 3. The number of carbonyl (C=O) groups excluding carboxylic acids is 2. The molecule has 0 spiro atoms. The number of ether oxygens (including phenoxy) is 1. The molecule has 0 aliphatic carbocycles. The van der Waals surface area contributed by atoms with Gasteiger partial charge >= 0.3 is 6.03 Å². The maximum Gasteiger partial charge on any atom is 0.323 e. The van der Waals surface area contributed by atoms with E-state index in [1.54, 1.807) is 55.3 Å². The average Bonchev–Trinajstić information content (AvgIpc) is 3.57.